The maximum absolute atomic E-state index is 10.6. The van der Waals surface area contributed by atoms with Crippen LogP contribution in [0.25, 0.3) is 0 Å². The molecule has 1 N–H and O–H groups in total. The number of fused-ring (bicyclic) bond motifs is 1. The number of carbonyl (C=O) groups is 1. The summed E-state index contributed by atoms with van der Waals surface area (Å²) in [5.41, 5.74) is 0.917. The Morgan fingerprint density at radius 3 is 3.12 bits per heavy atom. The van der Waals surface area contributed by atoms with Crippen LogP contribution in [-0.4, -0.2) is 47.8 Å². The Hall–Kier alpha value is -0.870. The van der Waals surface area contributed by atoms with Crippen LogP contribution in [-0.2, 0) is 9.53 Å². The quantitative estimate of drug-likeness (QED) is 0.735. The van der Waals surface area contributed by atoms with Crippen molar-refractivity contribution in [3.63, 3.8) is 0 Å². The summed E-state index contributed by atoms with van der Waals surface area (Å²) < 4.78 is 5.72. The molecule has 0 aromatic heterocycles. The monoisotopic (exact) mass is 225 g/mol. The molecule has 90 valence electrons. The molecule has 1 aliphatic carbocycles. The third-order valence-corrected chi connectivity index (χ3v) is 3.42. The predicted molar refractivity (Wildman–Crippen MR) is 60.3 cm³/mol. The van der Waals surface area contributed by atoms with Gasteiger partial charge in [-0.2, -0.15) is 0 Å². The molecule has 0 radical (unpaired) electrons. The number of carboxylic acid groups (broad SMARTS) is 1. The Bertz CT molecular complexity index is 301. The van der Waals surface area contributed by atoms with Gasteiger partial charge in [0.25, 0.3) is 0 Å². The molecule has 0 amide bonds. The van der Waals surface area contributed by atoms with Crippen molar-refractivity contribution in [1.82, 2.24) is 4.90 Å². The molecule has 0 bridgehead atoms. The van der Waals surface area contributed by atoms with Crippen molar-refractivity contribution in [3.05, 3.63) is 11.6 Å². The van der Waals surface area contributed by atoms with Gasteiger partial charge in [0, 0.05) is 25.2 Å². The SMILES string of the molecule is CC(=CC(=O)O)CN1CCOC2CCCC21. The van der Waals surface area contributed by atoms with Gasteiger partial charge in [0.2, 0.25) is 0 Å². The van der Waals surface area contributed by atoms with Gasteiger partial charge in [-0.05, 0) is 26.2 Å². The summed E-state index contributed by atoms with van der Waals surface area (Å²) in [6, 6.07) is 0.505. The number of nitrogens with zero attached hydrogens (tertiary/aromatic N) is 1. The molecule has 2 unspecified atom stereocenters. The van der Waals surface area contributed by atoms with E-state index >= 15 is 0 Å². The van der Waals surface area contributed by atoms with Crippen molar-refractivity contribution in [3.8, 4) is 0 Å². The van der Waals surface area contributed by atoms with E-state index < -0.39 is 5.97 Å². The summed E-state index contributed by atoms with van der Waals surface area (Å²) in [5, 5.41) is 8.68. The smallest absolute Gasteiger partial charge is 0.328 e. The molecule has 16 heavy (non-hydrogen) atoms. The number of ether oxygens (including phenoxy) is 1. The van der Waals surface area contributed by atoms with Gasteiger partial charge in [0.05, 0.1) is 12.7 Å². The fraction of sp³-hybridized carbons (Fsp3) is 0.750. The molecule has 0 aromatic carbocycles. The number of morpholine rings is 1. The number of hydrogen-bond acceptors (Lipinski definition) is 3. The number of hydrogen-bond donors (Lipinski definition) is 1. The van der Waals surface area contributed by atoms with Crippen molar-refractivity contribution in [2.75, 3.05) is 19.7 Å². The highest BCUT2D eigenvalue weighted by atomic mass is 16.5. The molecule has 2 rings (SSSR count). The molecule has 4 heteroatoms. The first-order valence-electron chi connectivity index (χ1n) is 5.92. The molecule has 2 aliphatic rings. The third kappa shape index (κ3) is 2.62. The molecule has 4 nitrogen and oxygen atoms in total. The minimum atomic E-state index is -0.853. The van der Waals surface area contributed by atoms with E-state index in [4.69, 9.17) is 9.84 Å². The highest BCUT2D eigenvalue weighted by molar-refractivity contribution is 5.80. The normalized spacial score (nSPS) is 31.4. The number of carboxylic acids is 1. The fourth-order valence-electron chi connectivity index (χ4n) is 2.78. The predicted octanol–water partition coefficient (Wildman–Crippen LogP) is 1.27. The summed E-state index contributed by atoms with van der Waals surface area (Å²) in [7, 11) is 0. The van der Waals surface area contributed by atoms with Crippen LogP contribution >= 0.6 is 0 Å². The van der Waals surface area contributed by atoms with Gasteiger partial charge in [-0.15, -0.1) is 0 Å². The van der Waals surface area contributed by atoms with Crippen molar-refractivity contribution in [2.24, 2.45) is 0 Å². The molecule has 2 fully saturated rings. The van der Waals surface area contributed by atoms with Crippen LogP contribution in [0.4, 0.5) is 0 Å². The lowest BCUT2D eigenvalue weighted by molar-refractivity contribution is -0.131. The standard InChI is InChI=1S/C12H19NO3/c1-9(7-12(14)15)8-13-5-6-16-11-4-2-3-10(11)13/h7,10-11H,2-6,8H2,1H3,(H,14,15). The van der Waals surface area contributed by atoms with E-state index in [1.807, 2.05) is 6.92 Å². The zero-order valence-corrected chi connectivity index (χ0v) is 9.69. The molecule has 0 spiro atoms. The second-order valence-electron chi connectivity index (χ2n) is 4.71. The van der Waals surface area contributed by atoms with Crippen LogP contribution in [0.1, 0.15) is 26.2 Å². The minimum Gasteiger partial charge on any atom is -0.478 e. The fourth-order valence-corrected chi connectivity index (χ4v) is 2.78. The van der Waals surface area contributed by atoms with Gasteiger partial charge in [-0.3, -0.25) is 4.90 Å². The average molecular weight is 225 g/mol. The topological polar surface area (TPSA) is 49.8 Å². The van der Waals surface area contributed by atoms with E-state index in [1.54, 1.807) is 0 Å². The highest BCUT2D eigenvalue weighted by Gasteiger charge is 2.35. The molecule has 1 saturated carbocycles. The Balaban J connectivity index is 1.95. The van der Waals surface area contributed by atoms with Crippen molar-refractivity contribution >= 4 is 5.97 Å². The first-order chi connectivity index (χ1) is 7.66. The zero-order chi connectivity index (χ0) is 11.5. The van der Waals surface area contributed by atoms with Crippen LogP contribution in [0.3, 0.4) is 0 Å². The molecular formula is C12H19NO3. The first kappa shape index (κ1) is 11.6. The first-order valence-corrected chi connectivity index (χ1v) is 5.92. The van der Waals surface area contributed by atoms with Crippen molar-refractivity contribution in [2.45, 2.75) is 38.3 Å². The van der Waals surface area contributed by atoms with Gasteiger partial charge >= 0.3 is 5.97 Å². The highest BCUT2D eigenvalue weighted by Crippen LogP contribution is 2.29. The number of rotatable bonds is 3. The summed E-state index contributed by atoms with van der Waals surface area (Å²) in [4.78, 5) is 12.9. The van der Waals surface area contributed by atoms with Crippen molar-refractivity contribution < 1.29 is 14.6 Å². The Kier molecular flexibility index (Phi) is 3.61. The van der Waals surface area contributed by atoms with Gasteiger partial charge in [-0.25, -0.2) is 4.79 Å². The van der Waals surface area contributed by atoms with Gasteiger partial charge in [0.1, 0.15) is 0 Å². The molecule has 1 saturated heterocycles. The van der Waals surface area contributed by atoms with Crippen LogP contribution in [0.5, 0.6) is 0 Å². The maximum atomic E-state index is 10.6. The maximum Gasteiger partial charge on any atom is 0.328 e. The minimum absolute atomic E-state index is 0.381. The Labute approximate surface area is 95.9 Å². The summed E-state index contributed by atoms with van der Waals surface area (Å²) >= 11 is 0. The summed E-state index contributed by atoms with van der Waals surface area (Å²) in [5.74, 6) is -0.853. The van der Waals surface area contributed by atoms with E-state index in [9.17, 15) is 4.79 Å². The van der Waals surface area contributed by atoms with Crippen LogP contribution in [0, 0.1) is 0 Å². The summed E-state index contributed by atoms with van der Waals surface area (Å²) in [6.07, 6.45) is 5.26. The average Bonchev–Trinajstić information content (AvgIpc) is 2.65. The van der Waals surface area contributed by atoms with E-state index in [0.717, 1.165) is 31.7 Å². The van der Waals surface area contributed by atoms with E-state index in [2.05, 4.69) is 4.90 Å². The van der Waals surface area contributed by atoms with Crippen LogP contribution in [0.2, 0.25) is 0 Å². The Morgan fingerprint density at radius 2 is 2.38 bits per heavy atom. The number of aliphatic carboxylic acids is 1. The van der Waals surface area contributed by atoms with E-state index in [-0.39, 0.29) is 0 Å². The lowest BCUT2D eigenvalue weighted by Crippen LogP contribution is -2.48. The Morgan fingerprint density at radius 1 is 1.56 bits per heavy atom. The molecular weight excluding hydrogens is 206 g/mol. The van der Waals surface area contributed by atoms with Crippen LogP contribution < -0.4 is 0 Å². The molecule has 1 heterocycles. The van der Waals surface area contributed by atoms with Crippen LogP contribution in [0.15, 0.2) is 11.6 Å². The van der Waals surface area contributed by atoms with Gasteiger partial charge in [-0.1, -0.05) is 5.57 Å². The van der Waals surface area contributed by atoms with E-state index in [1.165, 1.54) is 18.9 Å². The second-order valence-corrected chi connectivity index (χ2v) is 4.71. The largest absolute Gasteiger partial charge is 0.478 e. The molecule has 2 atom stereocenters. The summed E-state index contributed by atoms with van der Waals surface area (Å²) in [6.45, 7) is 4.35. The lowest BCUT2D eigenvalue weighted by Gasteiger charge is -2.37. The molecule has 1 aliphatic heterocycles. The zero-order valence-electron chi connectivity index (χ0n) is 9.69. The van der Waals surface area contributed by atoms with Crippen molar-refractivity contribution in [1.29, 1.82) is 0 Å². The van der Waals surface area contributed by atoms with Gasteiger partial charge < -0.3 is 9.84 Å². The third-order valence-electron chi connectivity index (χ3n) is 3.42. The van der Waals surface area contributed by atoms with Gasteiger partial charge in [0.15, 0.2) is 0 Å². The second kappa shape index (κ2) is 4.97. The molecule has 0 aromatic rings. The lowest BCUT2D eigenvalue weighted by atomic mass is 10.1. The van der Waals surface area contributed by atoms with E-state index in [0.29, 0.717) is 12.1 Å².